The zero-order chi connectivity index (χ0) is 22.0. The summed E-state index contributed by atoms with van der Waals surface area (Å²) in [5.74, 6) is -0.254. The van der Waals surface area contributed by atoms with Gasteiger partial charge in [-0.25, -0.2) is 4.90 Å². The number of nitrogens with zero attached hydrogens (tertiary/aromatic N) is 1. The van der Waals surface area contributed by atoms with Crippen LogP contribution in [-0.2, 0) is 16.0 Å². The third-order valence-electron chi connectivity index (χ3n) is 5.19. The van der Waals surface area contributed by atoms with Crippen LogP contribution in [0.4, 0.5) is 11.4 Å². The summed E-state index contributed by atoms with van der Waals surface area (Å²) < 4.78 is 5.40. The lowest BCUT2D eigenvalue weighted by Gasteiger charge is -2.16. The standard InChI is InChI=1S/C25H21ClN2O3/c1-3-16-8-14-19(15-9-16)28-24(29)22(17-10-12-18(26)13-11-17)23(25(28)30)27-20-6-4-5-7-21(20)31-2/h4-15,27H,3H2,1-2H3. The summed E-state index contributed by atoms with van der Waals surface area (Å²) in [5.41, 5.74) is 3.32. The zero-order valence-corrected chi connectivity index (χ0v) is 17.9. The predicted octanol–water partition coefficient (Wildman–Crippen LogP) is 5.31. The molecule has 5 nitrogen and oxygen atoms in total. The second-order valence-corrected chi connectivity index (χ2v) is 7.48. The molecule has 1 aliphatic heterocycles. The quantitative estimate of drug-likeness (QED) is 0.536. The number of aryl methyl sites for hydroxylation is 1. The van der Waals surface area contributed by atoms with Gasteiger partial charge in [0.15, 0.2) is 0 Å². The highest BCUT2D eigenvalue weighted by Crippen LogP contribution is 2.36. The number of ether oxygens (including phenoxy) is 1. The average molecular weight is 433 g/mol. The van der Waals surface area contributed by atoms with Crippen molar-refractivity contribution in [1.82, 2.24) is 0 Å². The molecule has 3 aromatic rings. The lowest BCUT2D eigenvalue weighted by atomic mass is 10.0. The number of carbonyl (C=O) groups excluding carboxylic acids is 2. The maximum atomic E-state index is 13.5. The van der Waals surface area contributed by atoms with Gasteiger partial charge in [-0.15, -0.1) is 0 Å². The molecule has 0 saturated carbocycles. The van der Waals surface area contributed by atoms with Crippen LogP contribution in [0.2, 0.25) is 5.02 Å². The molecule has 0 fully saturated rings. The molecule has 156 valence electrons. The number of amides is 2. The summed E-state index contributed by atoms with van der Waals surface area (Å²) in [6, 6.07) is 21.5. The Kier molecular flexibility index (Phi) is 5.78. The zero-order valence-electron chi connectivity index (χ0n) is 17.2. The molecule has 1 heterocycles. The minimum absolute atomic E-state index is 0.191. The van der Waals surface area contributed by atoms with Crippen molar-refractivity contribution in [1.29, 1.82) is 0 Å². The van der Waals surface area contributed by atoms with E-state index in [0.717, 1.165) is 12.0 Å². The fourth-order valence-electron chi connectivity index (χ4n) is 3.53. The molecule has 0 saturated heterocycles. The van der Waals surface area contributed by atoms with E-state index in [2.05, 4.69) is 12.2 Å². The summed E-state index contributed by atoms with van der Waals surface area (Å²) in [5, 5.41) is 3.68. The van der Waals surface area contributed by atoms with Crippen LogP contribution in [0.3, 0.4) is 0 Å². The van der Waals surface area contributed by atoms with Gasteiger partial charge in [0, 0.05) is 5.02 Å². The molecular weight excluding hydrogens is 412 g/mol. The van der Waals surface area contributed by atoms with Gasteiger partial charge < -0.3 is 10.1 Å². The van der Waals surface area contributed by atoms with Crippen LogP contribution in [-0.4, -0.2) is 18.9 Å². The van der Waals surface area contributed by atoms with E-state index in [4.69, 9.17) is 16.3 Å². The van der Waals surface area contributed by atoms with Gasteiger partial charge >= 0.3 is 0 Å². The first-order valence-electron chi connectivity index (χ1n) is 9.91. The Labute approximate surface area is 185 Å². The molecule has 0 spiro atoms. The predicted molar refractivity (Wildman–Crippen MR) is 123 cm³/mol. The van der Waals surface area contributed by atoms with Crippen molar-refractivity contribution in [3.63, 3.8) is 0 Å². The van der Waals surface area contributed by atoms with Gasteiger partial charge in [-0.05, 0) is 53.9 Å². The lowest BCUT2D eigenvalue weighted by Crippen LogP contribution is -2.32. The Hall–Kier alpha value is -3.57. The smallest absolute Gasteiger partial charge is 0.282 e. The first-order valence-corrected chi connectivity index (χ1v) is 10.3. The molecule has 4 rings (SSSR count). The third-order valence-corrected chi connectivity index (χ3v) is 5.44. The Morgan fingerprint density at radius 3 is 2.23 bits per heavy atom. The monoisotopic (exact) mass is 432 g/mol. The van der Waals surface area contributed by atoms with Crippen LogP contribution in [0.1, 0.15) is 18.1 Å². The molecule has 0 aliphatic carbocycles. The minimum atomic E-state index is -0.426. The van der Waals surface area contributed by atoms with Crippen molar-refractivity contribution < 1.29 is 14.3 Å². The summed E-state index contributed by atoms with van der Waals surface area (Å²) >= 11 is 6.03. The summed E-state index contributed by atoms with van der Waals surface area (Å²) in [6.45, 7) is 2.05. The number of methoxy groups -OCH3 is 1. The number of anilines is 2. The van der Waals surface area contributed by atoms with Gasteiger partial charge in [-0.2, -0.15) is 0 Å². The molecule has 1 aliphatic rings. The fraction of sp³-hybridized carbons (Fsp3) is 0.120. The summed E-state index contributed by atoms with van der Waals surface area (Å²) in [4.78, 5) is 28.1. The van der Waals surface area contributed by atoms with Crippen LogP contribution < -0.4 is 15.0 Å². The number of nitrogens with one attached hydrogen (secondary N) is 1. The number of imide groups is 1. The first-order chi connectivity index (χ1) is 15.0. The molecule has 0 atom stereocenters. The van der Waals surface area contributed by atoms with Gasteiger partial charge in [0.25, 0.3) is 11.8 Å². The topological polar surface area (TPSA) is 58.6 Å². The van der Waals surface area contributed by atoms with Crippen molar-refractivity contribution in [3.8, 4) is 5.75 Å². The van der Waals surface area contributed by atoms with Gasteiger partial charge in [-0.3, -0.25) is 9.59 Å². The van der Waals surface area contributed by atoms with E-state index in [0.29, 0.717) is 27.7 Å². The van der Waals surface area contributed by atoms with E-state index in [9.17, 15) is 9.59 Å². The van der Waals surface area contributed by atoms with Crippen LogP contribution >= 0.6 is 11.6 Å². The van der Waals surface area contributed by atoms with Crippen LogP contribution in [0.5, 0.6) is 5.75 Å². The van der Waals surface area contributed by atoms with E-state index in [1.165, 1.54) is 4.90 Å². The average Bonchev–Trinajstić information content (AvgIpc) is 3.04. The summed E-state index contributed by atoms with van der Waals surface area (Å²) in [6.07, 6.45) is 0.872. The SMILES string of the molecule is CCc1ccc(N2C(=O)C(Nc3ccccc3OC)=C(c3ccc(Cl)cc3)C2=O)cc1. The number of halogens is 1. The van der Waals surface area contributed by atoms with Gasteiger partial charge in [0.2, 0.25) is 0 Å². The number of carbonyl (C=O) groups is 2. The van der Waals surface area contributed by atoms with Crippen molar-refractivity contribution in [2.45, 2.75) is 13.3 Å². The van der Waals surface area contributed by atoms with Crippen molar-refractivity contribution in [3.05, 3.63) is 94.6 Å². The number of hydrogen-bond donors (Lipinski definition) is 1. The van der Waals surface area contributed by atoms with Crippen molar-refractivity contribution in [2.75, 3.05) is 17.3 Å². The highest BCUT2D eigenvalue weighted by molar-refractivity contribution is 6.46. The van der Waals surface area contributed by atoms with E-state index < -0.39 is 11.8 Å². The van der Waals surface area contributed by atoms with Crippen LogP contribution in [0.25, 0.3) is 5.57 Å². The normalized spacial score (nSPS) is 13.7. The van der Waals surface area contributed by atoms with Crippen molar-refractivity contribution in [2.24, 2.45) is 0 Å². The van der Waals surface area contributed by atoms with Crippen LogP contribution in [0.15, 0.2) is 78.5 Å². The largest absolute Gasteiger partial charge is 0.495 e. The molecule has 0 aromatic heterocycles. The molecule has 3 aromatic carbocycles. The lowest BCUT2D eigenvalue weighted by molar-refractivity contribution is -0.120. The van der Waals surface area contributed by atoms with E-state index >= 15 is 0 Å². The minimum Gasteiger partial charge on any atom is -0.495 e. The van der Waals surface area contributed by atoms with Crippen LogP contribution in [0, 0.1) is 0 Å². The summed E-state index contributed by atoms with van der Waals surface area (Å²) in [7, 11) is 1.55. The maximum Gasteiger partial charge on any atom is 0.282 e. The Morgan fingerprint density at radius 2 is 1.58 bits per heavy atom. The van der Waals surface area contributed by atoms with Crippen molar-refractivity contribution >= 4 is 40.4 Å². The Balaban J connectivity index is 1.81. The number of para-hydroxylation sites is 2. The molecule has 2 amide bonds. The Bertz CT molecular complexity index is 1170. The number of rotatable bonds is 6. The molecular formula is C25H21ClN2O3. The number of hydrogen-bond acceptors (Lipinski definition) is 4. The first kappa shape index (κ1) is 20.7. The molecule has 31 heavy (non-hydrogen) atoms. The molecule has 0 bridgehead atoms. The van der Waals surface area contributed by atoms with E-state index in [1.54, 1.807) is 55.6 Å². The van der Waals surface area contributed by atoms with E-state index in [1.807, 2.05) is 24.3 Å². The second-order valence-electron chi connectivity index (χ2n) is 7.05. The third kappa shape index (κ3) is 3.92. The van der Waals surface area contributed by atoms with Gasteiger partial charge in [0.1, 0.15) is 11.4 Å². The van der Waals surface area contributed by atoms with E-state index in [-0.39, 0.29) is 11.3 Å². The van der Waals surface area contributed by atoms with Gasteiger partial charge in [-0.1, -0.05) is 54.9 Å². The van der Waals surface area contributed by atoms with Gasteiger partial charge in [0.05, 0.1) is 24.1 Å². The maximum absolute atomic E-state index is 13.5. The highest BCUT2D eigenvalue weighted by atomic mass is 35.5. The highest BCUT2D eigenvalue weighted by Gasteiger charge is 2.40. The molecule has 6 heteroatoms. The fourth-order valence-corrected chi connectivity index (χ4v) is 3.65. The number of benzene rings is 3. The molecule has 0 radical (unpaired) electrons. The molecule has 1 N–H and O–H groups in total. The second kappa shape index (κ2) is 8.66. The molecule has 0 unspecified atom stereocenters. The Morgan fingerprint density at radius 1 is 0.903 bits per heavy atom.